The number of carboxylic acid groups (broad SMARTS) is 1. The second-order valence-corrected chi connectivity index (χ2v) is 15.7. The summed E-state index contributed by atoms with van der Waals surface area (Å²) in [6.07, 6.45) is 3.40. The number of phosphoric acid groups is 1. The van der Waals surface area contributed by atoms with E-state index in [4.69, 9.17) is 11.5 Å². The predicted octanol–water partition coefficient (Wildman–Crippen LogP) is 0.720. The molecular formula is C39H58N7O12P. The van der Waals surface area contributed by atoms with Gasteiger partial charge in [-0.2, -0.15) is 0 Å². The van der Waals surface area contributed by atoms with Gasteiger partial charge in [0.05, 0.1) is 6.04 Å². The van der Waals surface area contributed by atoms with Crippen LogP contribution in [0.25, 0.3) is 0 Å². The van der Waals surface area contributed by atoms with Gasteiger partial charge in [-0.25, -0.2) is 9.36 Å². The Labute approximate surface area is 343 Å². The fourth-order valence-corrected chi connectivity index (χ4v) is 6.99. The highest BCUT2D eigenvalue weighted by Gasteiger charge is 2.39. The van der Waals surface area contributed by atoms with Gasteiger partial charge >= 0.3 is 13.8 Å². The lowest BCUT2D eigenvalue weighted by atomic mass is 10.0. The Morgan fingerprint density at radius 1 is 0.780 bits per heavy atom. The summed E-state index contributed by atoms with van der Waals surface area (Å²) in [7, 11) is -4.87. The van der Waals surface area contributed by atoms with Crippen molar-refractivity contribution in [2.24, 2.45) is 11.5 Å². The predicted molar refractivity (Wildman–Crippen MR) is 215 cm³/mol. The molecule has 20 heteroatoms. The average molecular weight is 848 g/mol. The minimum absolute atomic E-state index is 0.0240. The molecular weight excluding hydrogens is 789 g/mol. The minimum atomic E-state index is -4.87. The minimum Gasteiger partial charge on any atom is -0.508 e. The van der Waals surface area contributed by atoms with E-state index in [-0.39, 0.29) is 56.7 Å². The third-order valence-electron chi connectivity index (χ3n) is 9.86. The number of aliphatic carboxylic acids is 1. The summed E-state index contributed by atoms with van der Waals surface area (Å²) in [6, 6.07) is 4.40. The Kier molecular flexibility index (Phi) is 19.2. The van der Waals surface area contributed by atoms with Crippen LogP contribution in [0.4, 0.5) is 0 Å². The summed E-state index contributed by atoms with van der Waals surface area (Å²) in [5.74, 6) is -4.83. The number of carbonyl (C=O) groups excluding carboxylic acids is 5. The summed E-state index contributed by atoms with van der Waals surface area (Å²) < 4.78 is 16.0. The van der Waals surface area contributed by atoms with Gasteiger partial charge in [-0.15, -0.1) is 0 Å². The van der Waals surface area contributed by atoms with Crippen molar-refractivity contribution < 1.29 is 57.9 Å². The standard InChI is InChI=1S/C39H58N7O12P/c1-3-5-9-28(41)34(48)42-29(4-2)35(49)44-31(22-25-14-18-27(19-15-25)58-59(55,56)57)37(51)43-30(10-6-7-20-40)36(50)45-32(23-24-12-16-26(47)17-13-24)38(52)46-21-8-11-33(46)39(53)54/h12-19,28-33,47H,3-11,20-23,40-41H2,1-2H3,(H,42,48)(H,43,51)(H,44,49)(H,45,50)(H,53,54)(H2,55,56,57)/t28-,29-,30-,31-,32-,33-/m0/s1. The summed E-state index contributed by atoms with van der Waals surface area (Å²) in [4.78, 5) is 100. The monoisotopic (exact) mass is 847 g/mol. The topological polar surface area (TPSA) is 313 Å². The van der Waals surface area contributed by atoms with E-state index >= 15 is 0 Å². The maximum Gasteiger partial charge on any atom is 0.524 e. The summed E-state index contributed by atoms with van der Waals surface area (Å²) >= 11 is 0. The maximum absolute atomic E-state index is 14.2. The van der Waals surface area contributed by atoms with Gasteiger partial charge in [0.1, 0.15) is 41.7 Å². The molecule has 0 spiro atoms. The van der Waals surface area contributed by atoms with E-state index in [9.17, 15) is 53.3 Å². The number of rotatable bonds is 24. The van der Waals surface area contributed by atoms with Crippen LogP contribution in [-0.2, 0) is 46.2 Å². The van der Waals surface area contributed by atoms with Gasteiger partial charge < -0.3 is 52.4 Å². The number of carbonyl (C=O) groups is 6. The fourth-order valence-electron chi connectivity index (χ4n) is 6.59. The number of nitrogens with one attached hydrogen (secondary N) is 4. The molecule has 0 aliphatic carbocycles. The van der Waals surface area contributed by atoms with E-state index in [1.54, 1.807) is 19.1 Å². The van der Waals surface area contributed by atoms with Crippen molar-refractivity contribution in [3.8, 4) is 11.5 Å². The SMILES string of the molecule is CCCC[C@H](N)C(=O)N[C@@H](CC)C(=O)N[C@@H](Cc1ccc(OP(=O)(O)O)cc1)C(=O)N[C@@H](CCCCN)C(=O)N[C@@H](Cc1ccc(O)cc1)C(=O)N1CCC[C@H]1C(=O)O. The molecule has 1 saturated heterocycles. The Hall–Kier alpha value is -5.07. The van der Waals surface area contributed by atoms with Crippen LogP contribution >= 0.6 is 7.82 Å². The summed E-state index contributed by atoms with van der Waals surface area (Å²) in [5.41, 5.74) is 12.7. The Morgan fingerprint density at radius 2 is 1.32 bits per heavy atom. The molecule has 1 fully saturated rings. The molecule has 5 amide bonds. The maximum atomic E-state index is 14.2. The van der Waals surface area contributed by atoms with Crippen LogP contribution in [-0.4, -0.2) is 110 Å². The first-order chi connectivity index (χ1) is 28.0. The molecule has 2 aromatic carbocycles. The molecule has 326 valence electrons. The van der Waals surface area contributed by atoms with Gasteiger partial charge in [-0.1, -0.05) is 51.0 Å². The molecule has 1 aliphatic rings. The van der Waals surface area contributed by atoms with Crippen LogP contribution < -0.4 is 37.3 Å². The number of hydrogen-bond donors (Lipinski definition) is 10. The molecule has 0 unspecified atom stereocenters. The molecule has 2 aromatic rings. The molecule has 0 aromatic heterocycles. The number of nitrogens with two attached hydrogens (primary N) is 2. The van der Waals surface area contributed by atoms with Crippen LogP contribution in [0.3, 0.4) is 0 Å². The van der Waals surface area contributed by atoms with Crippen LogP contribution in [0.2, 0.25) is 0 Å². The van der Waals surface area contributed by atoms with Crippen molar-refractivity contribution in [1.82, 2.24) is 26.2 Å². The van der Waals surface area contributed by atoms with E-state index in [0.717, 1.165) is 6.42 Å². The number of phenolic OH excluding ortho intramolecular Hbond substituents is 1. The van der Waals surface area contributed by atoms with E-state index in [1.807, 2.05) is 6.92 Å². The van der Waals surface area contributed by atoms with E-state index in [2.05, 4.69) is 25.8 Å². The third kappa shape index (κ3) is 15.9. The normalized spacial score (nSPS) is 16.5. The lowest BCUT2D eigenvalue weighted by Crippen LogP contribution is -2.59. The Bertz CT molecular complexity index is 1780. The number of amides is 5. The number of carboxylic acids is 1. The van der Waals surface area contributed by atoms with Gasteiger partial charge in [-0.05, 0) is 86.9 Å². The van der Waals surface area contributed by atoms with Gasteiger partial charge in [-0.3, -0.25) is 33.8 Å². The van der Waals surface area contributed by atoms with Crippen LogP contribution in [0.5, 0.6) is 11.5 Å². The van der Waals surface area contributed by atoms with Gasteiger partial charge in [0.25, 0.3) is 0 Å². The second-order valence-electron chi connectivity index (χ2n) is 14.5. The van der Waals surface area contributed by atoms with Gasteiger partial charge in [0.15, 0.2) is 0 Å². The number of hydrogen-bond acceptors (Lipinski definition) is 11. The molecule has 59 heavy (non-hydrogen) atoms. The zero-order valence-electron chi connectivity index (χ0n) is 33.4. The number of benzene rings is 2. The highest BCUT2D eigenvalue weighted by molar-refractivity contribution is 7.46. The molecule has 19 nitrogen and oxygen atoms in total. The first-order valence-corrected chi connectivity index (χ1v) is 21.3. The second kappa shape index (κ2) is 23.5. The Balaban J connectivity index is 1.93. The largest absolute Gasteiger partial charge is 0.524 e. The first kappa shape index (κ1) is 48.3. The van der Waals surface area contributed by atoms with Crippen molar-refractivity contribution in [2.75, 3.05) is 13.1 Å². The van der Waals surface area contributed by atoms with Crippen LogP contribution in [0, 0.1) is 0 Å². The molecule has 12 N–H and O–H groups in total. The molecule has 1 heterocycles. The molecule has 0 radical (unpaired) electrons. The molecule has 3 rings (SSSR count). The van der Waals surface area contributed by atoms with Crippen molar-refractivity contribution in [2.45, 2.75) is 121 Å². The summed E-state index contributed by atoms with van der Waals surface area (Å²) in [6.45, 7) is 4.05. The van der Waals surface area contributed by atoms with Crippen molar-refractivity contribution >= 4 is 43.3 Å². The van der Waals surface area contributed by atoms with Gasteiger partial charge in [0, 0.05) is 19.4 Å². The summed E-state index contributed by atoms with van der Waals surface area (Å²) in [5, 5.41) is 30.3. The van der Waals surface area contributed by atoms with E-state index in [1.165, 1.54) is 41.3 Å². The van der Waals surface area contributed by atoms with E-state index < -0.39 is 79.6 Å². The smallest absolute Gasteiger partial charge is 0.508 e. The number of likely N-dealkylation sites (tertiary alicyclic amines) is 1. The quantitative estimate of drug-likeness (QED) is 0.0515. The van der Waals surface area contributed by atoms with Gasteiger partial charge in [0.2, 0.25) is 29.5 Å². The first-order valence-electron chi connectivity index (χ1n) is 19.8. The van der Waals surface area contributed by atoms with Crippen molar-refractivity contribution in [1.29, 1.82) is 0 Å². The zero-order valence-corrected chi connectivity index (χ0v) is 34.3. The molecule has 0 saturated carbocycles. The zero-order chi connectivity index (χ0) is 43.7. The van der Waals surface area contributed by atoms with E-state index in [0.29, 0.717) is 43.2 Å². The Morgan fingerprint density at radius 3 is 1.90 bits per heavy atom. The molecule has 1 aliphatic heterocycles. The highest BCUT2D eigenvalue weighted by atomic mass is 31.2. The number of unbranched alkanes of at least 4 members (excludes halogenated alkanes) is 2. The van der Waals surface area contributed by atoms with Crippen molar-refractivity contribution in [3.05, 3.63) is 59.7 Å². The number of nitrogens with zero attached hydrogens (tertiary/aromatic N) is 1. The average Bonchev–Trinajstić information content (AvgIpc) is 3.69. The number of phosphoric ester groups is 1. The number of aromatic hydroxyl groups is 1. The van der Waals surface area contributed by atoms with Crippen molar-refractivity contribution in [3.63, 3.8) is 0 Å². The lowest BCUT2D eigenvalue weighted by molar-refractivity contribution is -0.149. The van der Waals surface area contributed by atoms with Crippen LogP contribution in [0.1, 0.15) is 82.8 Å². The number of phenols is 1. The fraction of sp³-hybridized carbons (Fsp3) is 0.538. The van der Waals surface area contributed by atoms with Crippen LogP contribution in [0.15, 0.2) is 48.5 Å². The molecule has 6 atom stereocenters. The third-order valence-corrected chi connectivity index (χ3v) is 10.3. The highest BCUT2D eigenvalue weighted by Crippen LogP contribution is 2.37. The molecule has 0 bridgehead atoms. The lowest BCUT2D eigenvalue weighted by Gasteiger charge is -2.29.